The normalized spacial score (nSPS) is 10.7. The number of nitrogens with zero attached hydrogens (tertiary/aromatic N) is 1. The van der Waals surface area contributed by atoms with E-state index in [1.807, 2.05) is 0 Å². The average molecular weight is 309 g/mol. The molecule has 1 amide bonds. The highest BCUT2D eigenvalue weighted by Gasteiger charge is 2.09. The Hall–Kier alpha value is -2.04. The number of carbonyl (C=O) groups excluding carboxylic acids is 1. The average Bonchev–Trinajstić information content (AvgIpc) is 2.40. The molecule has 0 saturated carbocycles. The molecule has 2 aromatic carbocycles. The van der Waals surface area contributed by atoms with E-state index in [0.717, 1.165) is 0 Å². The van der Waals surface area contributed by atoms with Gasteiger partial charge in [0.05, 0.1) is 16.8 Å². The number of hydrazone groups is 1. The van der Waals surface area contributed by atoms with Gasteiger partial charge >= 0.3 is 0 Å². The molecule has 0 fully saturated rings. The fourth-order valence-electron chi connectivity index (χ4n) is 1.49. The molecule has 0 aliphatic heterocycles. The van der Waals surface area contributed by atoms with Crippen LogP contribution in [0.15, 0.2) is 47.6 Å². The number of nitrogens with one attached hydrogen (secondary N) is 1. The lowest BCUT2D eigenvalue weighted by Crippen LogP contribution is -2.18. The fourth-order valence-corrected chi connectivity index (χ4v) is 1.99. The first kappa shape index (κ1) is 14.4. The molecule has 0 aliphatic carbocycles. The molecule has 0 radical (unpaired) electrons. The third-order valence-corrected chi connectivity index (χ3v) is 3.03. The lowest BCUT2D eigenvalue weighted by atomic mass is 10.2. The van der Waals surface area contributed by atoms with Gasteiger partial charge in [-0.2, -0.15) is 5.10 Å². The monoisotopic (exact) mass is 308 g/mol. The number of benzene rings is 2. The summed E-state index contributed by atoms with van der Waals surface area (Å²) in [5, 5.41) is 14.0. The van der Waals surface area contributed by atoms with Crippen molar-refractivity contribution < 1.29 is 9.90 Å². The largest absolute Gasteiger partial charge is 0.507 e. The van der Waals surface area contributed by atoms with Crippen LogP contribution in [0.1, 0.15) is 15.9 Å². The molecule has 2 rings (SSSR count). The van der Waals surface area contributed by atoms with Gasteiger partial charge in [-0.3, -0.25) is 4.79 Å². The van der Waals surface area contributed by atoms with Gasteiger partial charge in [0.1, 0.15) is 5.75 Å². The number of phenols is 1. The zero-order chi connectivity index (χ0) is 14.5. The second-order valence-electron chi connectivity index (χ2n) is 3.88. The van der Waals surface area contributed by atoms with Crippen LogP contribution in [0, 0.1) is 0 Å². The first-order valence-corrected chi connectivity index (χ1v) is 6.40. The van der Waals surface area contributed by atoms with Gasteiger partial charge in [-0.25, -0.2) is 5.43 Å². The number of hydrogen-bond acceptors (Lipinski definition) is 3. The molecular weight excluding hydrogens is 299 g/mol. The summed E-state index contributed by atoms with van der Waals surface area (Å²) in [6.45, 7) is 0. The molecule has 0 aliphatic rings. The van der Waals surface area contributed by atoms with E-state index >= 15 is 0 Å². The highest BCUT2D eigenvalue weighted by molar-refractivity contribution is 6.36. The Kier molecular flexibility index (Phi) is 4.61. The summed E-state index contributed by atoms with van der Waals surface area (Å²) in [6, 6.07) is 11.2. The Morgan fingerprint density at radius 2 is 1.95 bits per heavy atom. The topological polar surface area (TPSA) is 61.7 Å². The summed E-state index contributed by atoms with van der Waals surface area (Å²) in [5.41, 5.74) is 3.09. The van der Waals surface area contributed by atoms with E-state index in [0.29, 0.717) is 10.6 Å². The maximum absolute atomic E-state index is 11.8. The number of aromatic hydroxyl groups is 1. The number of hydrogen-bond donors (Lipinski definition) is 2. The number of phenolic OH excluding ortho intramolecular Hbond substituents is 1. The zero-order valence-electron chi connectivity index (χ0n) is 10.2. The van der Waals surface area contributed by atoms with Gasteiger partial charge in [0.2, 0.25) is 0 Å². The number of amides is 1. The molecule has 0 aromatic heterocycles. The molecule has 2 aromatic rings. The summed E-state index contributed by atoms with van der Waals surface area (Å²) >= 11 is 11.7. The lowest BCUT2D eigenvalue weighted by molar-refractivity contribution is 0.0955. The van der Waals surface area contributed by atoms with Gasteiger partial charge in [0, 0.05) is 10.6 Å². The quantitative estimate of drug-likeness (QED) is 0.674. The third-order valence-electron chi connectivity index (χ3n) is 2.48. The smallest absolute Gasteiger partial charge is 0.272 e. The van der Waals surface area contributed by atoms with Crippen molar-refractivity contribution in [1.29, 1.82) is 0 Å². The van der Waals surface area contributed by atoms with Gasteiger partial charge in [0.25, 0.3) is 5.91 Å². The van der Waals surface area contributed by atoms with Gasteiger partial charge < -0.3 is 5.11 Å². The zero-order valence-corrected chi connectivity index (χ0v) is 11.7. The molecule has 0 spiro atoms. The third kappa shape index (κ3) is 3.50. The van der Waals surface area contributed by atoms with Crippen LogP contribution in [-0.4, -0.2) is 17.2 Å². The maximum Gasteiger partial charge on any atom is 0.272 e. The van der Waals surface area contributed by atoms with E-state index in [4.69, 9.17) is 23.2 Å². The minimum Gasteiger partial charge on any atom is -0.507 e. The van der Waals surface area contributed by atoms with Crippen LogP contribution in [-0.2, 0) is 0 Å². The Bertz CT molecular complexity index is 672. The van der Waals surface area contributed by atoms with Crippen LogP contribution in [0.4, 0.5) is 0 Å². The van der Waals surface area contributed by atoms with Crippen LogP contribution < -0.4 is 5.43 Å². The van der Waals surface area contributed by atoms with Crippen LogP contribution in [0.25, 0.3) is 0 Å². The molecule has 0 atom stereocenters. The molecule has 6 heteroatoms. The van der Waals surface area contributed by atoms with Crippen LogP contribution in [0.5, 0.6) is 5.75 Å². The van der Waals surface area contributed by atoms with E-state index in [1.54, 1.807) is 24.3 Å². The predicted octanol–water partition coefficient (Wildman–Crippen LogP) is 3.46. The summed E-state index contributed by atoms with van der Waals surface area (Å²) in [4.78, 5) is 11.8. The minimum absolute atomic E-state index is 0.0787. The van der Waals surface area contributed by atoms with Crippen molar-refractivity contribution >= 4 is 35.3 Å². The molecule has 4 nitrogen and oxygen atoms in total. The highest BCUT2D eigenvalue weighted by atomic mass is 35.5. The van der Waals surface area contributed by atoms with Crippen molar-refractivity contribution in [3.63, 3.8) is 0 Å². The summed E-state index contributed by atoms with van der Waals surface area (Å²) in [5.74, 6) is -0.381. The van der Waals surface area contributed by atoms with Gasteiger partial charge in [0.15, 0.2) is 0 Å². The molecule has 0 unspecified atom stereocenters. The Balaban J connectivity index is 2.07. The van der Waals surface area contributed by atoms with Crippen molar-refractivity contribution in [1.82, 2.24) is 5.43 Å². The van der Waals surface area contributed by atoms with Crippen LogP contribution >= 0.6 is 23.2 Å². The summed E-state index contributed by atoms with van der Waals surface area (Å²) in [7, 11) is 0. The Morgan fingerprint density at radius 3 is 2.65 bits per heavy atom. The van der Waals surface area contributed by atoms with Crippen molar-refractivity contribution in [2.45, 2.75) is 0 Å². The molecule has 102 valence electrons. The SMILES string of the molecule is O=C(N/N=C/c1ccccc1O)c1ccc(Cl)cc1Cl. The molecular formula is C14H10Cl2N2O2. The first-order valence-electron chi connectivity index (χ1n) is 5.64. The van der Waals surface area contributed by atoms with Crippen molar-refractivity contribution in [2.75, 3.05) is 0 Å². The van der Waals surface area contributed by atoms with E-state index < -0.39 is 5.91 Å². The van der Waals surface area contributed by atoms with Crippen LogP contribution in [0.3, 0.4) is 0 Å². The van der Waals surface area contributed by atoms with E-state index in [2.05, 4.69) is 10.5 Å². The van der Waals surface area contributed by atoms with Gasteiger partial charge in [-0.1, -0.05) is 35.3 Å². The second-order valence-corrected chi connectivity index (χ2v) is 4.73. The van der Waals surface area contributed by atoms with Gasteiger partial charge in [-0.15, -0.1) is 0 Å². The second kappa shape index (κ2) is 6.41. The first-order chi connectivity index (χ1) is 9.58. The van der Waals surface area contributed by atoms with E-state index in [-0.39, 0.29) is 16.3 Å². The highest BCUT2D eigenvalue weighted by Crippen LogP contribution is 2.20. The Labute approximate surface area is 125 Å². The number of halogens is 2. The van der Waals surface area contributed by atoms with E-state index in [9.17, 15) is 9.90 Å². The number of rotatable bonds is 3. The molecule has 0 heterocycles. The summed E-state index contributed by atoms with van der Waals surface area (Å²) in [6.07, 6.45) is 1.34. The van der Waals surface area contributed by atoms with Crippen molar-refractivity contribution in [2.24, 2.45) is 5.10 Å². The number of para-hydroxylation sites is 1. The number of carbonyl (C=O) groups is 1. The predicted molar refractivity (Wildman–Crippen MR) is 79.6 cm³/mol. The van der Waals surface area contributed by atoms with Crippen molar-refractivity contribution in [3.8, 4) is 5.75 Å². The molecule has 20 heavy (non-hydrogen) atoms. The van der Waals surface area contributed by atoms with Crippen molar-refractivity contribution in [3.05, 3.63) is 63.6 Å². The Morgan fingerprint density at radius 1 is 1.20 bits per heavy atom. The fraction of sp³-hybridized carbons (Fsp3) is 0. The molecule has 0 saturated heterocycles. The molecule has 2 N–H and O–H groups in total. The maximum atomic E-state index is 11.8. The molecule has 0 bridgehead atoms. The lowest BCUT2D eigenvalue weighted by Gasteiger charge is -2.03. The van der Waals surface area contributed by atoms with Crippen LogP contribution in [0.2, 0.25) is 10.0 Å². The van der Waals surface area contributed by atoms with Gasteiger partial charge in [-0.05, 0) is 30.3 Å². The summed E-state index contributed by atoms with van der Waals surface area (Å²) < 4.78 is 0. The standard InChI is InChI=1S/C14H10Cl2N2O2/c15-10-5-6-11(12(16)7-10)14(20)18-17-8-9-3-1-2-4-13(9)19/h1-8,19H,(H,18,20)/b17-8+. The minimum atomic E-state index is -0.460. The van der Waals surface area contributed by atoms with E-state index in [1.165, 1.54) is 24.4 Å².